The zero-order chi connectivity index (χ0) is 20.5. The van der Waals surface area contributed by atoms with Crippen molar-refractivity contribution >= 4 is 22.6 Å². The van der Waals surface area contributed by atoms with Crippen molar-refractivity contribution in [2.24, 2.45) is 0 Å². The maximum absolute atomic E-state index is 14.1. The van der Waals surface area contributed by atoms with Crippen LogP contribution in [0.2, 0.25) is 0 Å². The summed E-state index contributed by atoms with van der Waals surface area (Å²) in [6.45, 7) is 1.41. The summed E-state index contributed by atoms with van der Waals surface area (Å²) >= 11 is 0. The van der Waals surface area contributed by atoms with E-state index in [1.165, 1.54) is 19.3 Å². The van der Waals surface area contributed by atoms with Crippen LogP contribution in [-0.2, 0) is 4.79 Å². The van der Waals surface area contributed by atoms with Crippen molar-refractivity contribution in [1.82, 2.24) is 14.5 Å². The number of fused-ring (bicyclic) bond motifs is 1. The Morgan fingerprint density at radius 3 is 2.66 bits per heavy atom. The number of anilines is 1. The van der Waals surface area contributed by atoms with Gasteiger partial charge in [-0.05, 0) is 36.4 Å². The maximum Gasteiger partial charge on any atom is 0.284 e. The first kappa shape index (κ1) is 18.4. The lowest BCUT2D eigenvalue weighted by atomic mass is 10.1. The van der Waals surface area contributed by atoms with E-state index < -0.39 is 17.2 Å². The molecule has 1 N–H and O–H groups in total. The molecule has 2 aromatic carbocycles. The zero-order valence-electron chi connectivity index (χ0n) is 15.2. The van der Waals surface area contributed by atoms with E-state index in [0.717, 1.165) is 10.6 Å². The molecule has 0 fully saturated rings. The van der Waals surface area contributed by atoms with Gasteiger partial charge in [-0.15, -0.1) is 0 Å². The van der Waals surface area contributed by atoms with Gasteiger partial charge in [-0.1, -0.05) is 12.1 Å². The number of hydrogen-bond donors (Lipinski definition) is 1. The molecular formula is C21H14F2N4O2. The van der Waals surface area contributed by atoms with Crippen molar-refractivity contribution in [3.05, 3.63) is 82.9 Å². The second-order valence-corrected chi connectivity index (χ2v) is 6.34. The molecule has 144 valence electrons. The fourth-order valence-corrected chi connectivity index (χ4v) is 2.97. The summed E-state index contributed by atoms with van der Waals surface area (Å²) in [5.41, 5.74) is 1.44. The van der Waals surface area contributed by atoms with E-state index in [2.05, 4.69) is 15.3 Å². The highest BCUT2D eigenvalue weighted by molar-refractivity contribution is 5.89. The normalized spacial score (nSPS) is 10.9. The largest absolute Gasteiger partial charge is 0.326 e. The minimum atomic E-state index is -0.882. The Bertz CT molecular complexity index is 1320. The smallest absolute Gasteiger partial charge is 0.284 e. The van der Waals surface area contributed by atoms with E-state index in [-0.39, 0.29) is 17.1 Å². The van der Waals surface area contributed by atoms with Crippen LogP contribution in [0.25, 0.3) is 28.0 Å². The third kappa shape index (κ3) is 3.60. The van der Waals surface area contributed by atoms with E-state index >= 15 is 0 Å². The van der Waals surface area contributed by atoms with Crippen molar-refractivity contribution in [1.29, 1.82) is 0 Å². The number of carbonyl (C=O) groups excluding carboxylic acids is 1. The number of halogens is 2. The summed E-state index contributed by atoms with van der Waals surface area (Å²) in [7, 11) is 0. The highest BCUT2D eigenvalue weighted by Gasteiger charge is 2.13. The van der Waals surface area contributed by atoms with Crippen LogP contribution < -0.4 is 10.9 Å². The third-order valence-corrected chi connectivity index (χ3v) is 4.26. The fourth-order valence-electron chi connectivity index (χ4n) is 2.97. The van der Waals surface area contributed by atoms with Crippen molar-refractivity contribution in [3.8, 4) is 16.9 Å². The van der Waals surface area contributed by atoms with Gasteiger partial charge in [0.25, 0.3) is 5.56 Å². The van der Waals surface area contributed by atoms with Crippen LogP contribution in [0.15, 0.2) is 65.7 Å². The van der Waals surface area contributed by atoms with Crippen LogP contribution in [-0.4, -0.2) is 20.4 Å². The average molecular weight is 392 g/mol. The first-order valence-electron chi connectivity index (χ1n) is 8.64. The Labute approximate surface area is 163 Å². The molecule has 4 aromatic rings. The van der Waals surface area contributed by atoms with Crippen LogP contribution in [0.1, 0.15) is 6.92 Å². The second kappa shape index (κ2) is 7.23. The van der Waals surface area contributed by atoms with E-state index in [9.17, 15) is 18.4 Å². The molecule has 0 aliphatic rings. The number of aromatic nitrogens is 3. The quantitative estimate of drug-likeness (QED) is 0.577. The summed E-state index contributed by atoms with van der Waals surface area (Å²) in [5, 5.41) is 2.69. The highest BCUT2D eigenvalue weighted by atomic mass is 19.1. The number of pyridine rings is 1. The number of benzene rings is 2. The Kier molecular flexibility index (Phi) is 4.59. The predicted molar refractivity (Wildman–Crippen MR) is 105 cm³/mol. The molecule has 8 heteroatoms. The van der Waals surface area contributed by atoms with Gasteiger partial charge in [0, 0.05) is 24.2 Å². The molecule has 0 saturated heterocycles. The number of amides is 1. The van der Waals surface area contributed by atoms with Gasteiger partial charge in [-0.3, -0.25) is 14.2 Å². The van der Waals surface area contributed by atoms with Gasteiger partial charge >= 0.3 is 0 Å². The molecule has 4 rings (SSSR count). The van der Waals surface area contributed by atoms with E-state index in [4.69, 9.17) is 0 Å². The summed E-state index contributed by atoms with van der Waals surface area (Å²) in [5.74, 6) is -1.83. The number of hydrogen-bond acceptors (Lipinski definition) is 4. The minimum absolute atomic E-state index is 0.0404. The fraction of sp³-hybridized carbons (Fsp3) is 0.0476. The van der Waals surface area contributed by atoms with Gasteiger partial charge in [-0.2, -0.15) is 0 Å². The van der Waals surface area contributed by atoms with Crippen LogP contribution in [0, 0.1) is 11.6 Å². The SMILES string of the molecule is CC(=O)Nc1cccc(-c2ccc3ncn(-c4ccc(F)cc4F)c(=O)c3n2)c1. The minimum Gasteiger partial charge on any atom is -0.326 e. The molecule has 2 heterocycles. The zero-order valence-corrected chi connectivity index (χ0v) is 15.2. The van der Waals surface area contributed by atoms with Gasteiger partial charge in [0.1, 0.15) is 18.0 Å². The standard InChI is InChI=1S/C21H14F2N4O2/c1-12(28)25-15-4-2-3-13(9-15)17-6-7-18-20(26-17)21(29)27(11-24-18)19-8-5-14(22)10-16(19)23/h2-11H,1H3,(H,25,28). The third-order valence-electron chi connectivity index (χ3n) is 4.26. The first-order valence-corrected chi connectivity index (χ1v) is 8.64. The van der Waals surface area contributed by atoms with E-state index in [1.807, 2.05) is 0 Å². The lowest BCUT2D eigenvalue weighted by molar-refractivity contribution is -0.114. The van der Waals surface area contributed by atoms with Crippen LogP contribution in [0.4, 0.5) is 14.5 Å². The molecule has 0 aliphatic heterocycles. The summed E-state index contributed by atoms with van der Waals surface area (Å²) in [6, 6.07) is 13.3. The number of nitrogens with one attached hydrogen (secondary N) is 1. The topological polar surface area (TPSA) is 76.9 Å². The summed E-state index contributed by atoms with van der Waals surface area (Å²) < 4.78 is 28.3. The van der Waals surface area contributed by atoms with Gasteiger partial charge in [-0.25, -0.2) is 18.7 Å². The molecule has 2 aromatic heterocycles. The molecule has 0 unspecified atom stereocenters. The lowest BCUT2D eigenvalue weighted by Crippen LogP contribution is -2.21. The number of carbonyl (C=O) groups is 1. The van der Waals surface area contributed by atoms with Crippen LogP contribution in [0.3, 0.4) is 0 Å². The summed E-state index contributed by atoms with van der Waals surface area (Å²) in [6.07, 6.45) is 1.18. The van der Waals surface area contributed by atoms with Gasteiger partial charge in [0.15, 0.2) is 5.52 Å². The van der Waals surface area contributed by atoms with Gasteiger partial charge in [0.2, 0.25) is 5.91 Å². The van der Waals surface area contributed by atoms with Crippen molar-refractivity contribution in [2.75, 3.05) is 5.32 Å². The molecule has 6 nitrogen and oxygen atoms in total. The van der Waals surface area contributed by atoms with Crippen molar-refractivity contribution < 1.29 is 13.6 Å². The van der Waals surface area contributed by atoms with Gasteiger partial charge in [0.05, 0.1) is 16.9 Å². The molecule has 0 saturated carbocycles. The molecule has 0 aliphatic carbocycles. The lowest BCUT2D eigenvalue weighted by Gasteiger charge is -2.09. The number of nitrogens with zero attached hydrogens (tertiary/aromatic N) is 3. The van der Waals surface area contributed by atoms with E-state index in [0.29, 0.717) is 28.5 Å². The molecule has 29 heavy (non-hydrogen) atoms. The van der Waals surface area contributed by atoms with Crippen LogP contribution >= 0.6 is 0 Å². The molecule has 0 spiro atoms. The summed E-state index contributed by atoms with van der Waals surface area (Å²) in [4.78, 5) is 32.7. The highest BCUT2D eigenvalue weighted by Crippen LogP contribution is 2.22. The molecular weight excluding hydrogens is 378 g/mol. The Morgan fingerprint density at radius 2 is 1.90 bits per heavy atom. The Morgan fingerprint density at radius 1 is 1.07 bits per heavy atom. The molecule has 1 amide bonds. The maximum atomic E-state index is 14.1. The molecule has 0 radical (unpaired) electrons. The average Bonchev–Trinajstić information content (AvgIpc) is 2.68. The second-order valence-electron chi connectivity index (χ2n) is 6.34. The molecule has 0 atom stereocenters. The first-order chi connectivity index (χ1) is 13.9. The Balaban J connectivity index is 1.85. The molecule has 0 bridgehead atoms. The van der Waals surface area contributed by atoms with E-state index in [1.54, 1.807) is 36.4 Å². The predicted octanol–water partition coefficient (Wildman–Crippen LogP) is 3.68. The van der Waals surface area contributed by atoms with Crippen molar-refractivity contribution in [3.63, 3.8) is 0 Å². The van der Waals surface area contributed by atoms with Crippen molar-refractivity contribution in [2.45, 2.75) is 6.92 Å². The van der Waals surface area contributed by atoms with Gasteiger partial charge < -0.3 is 5.32 Å². The van der Waals surface area contributed by atoms with Crippen LogP contribution in [0.5, 0.6) is 0 Å². The Hall–Kier alpha value is -3.94. The monoisotopic (exact) mass is 392 g/mol. The number of rotatable bonds is 3.